The number of hydrogen-bond donors (Lipinski definition) is 3. The van der Waals surface area contributed by atoms with Crippen LogP contribution in [0.4, 0.5) is 0 Å². The highest BCUT2D eigenvalue weighted by Crippen LogP contribution is 2.24. The smallest absolute Gasteiger partial charge is 0.307 e. The molecule has 1 aliphatic rings. The second kappa shape index (κ2) is 27.8. The first kappa shape index (κ1) is 54.7. The van der Waals surface area contributed by atoms with Gasteiger partial charge in [-0.1, -0.05) is 116 Å². The first-order chi connectivity index (χ1) is 31.9. The van der Waals surface area contributed by atoms with Gasteiger partial charge in [-0.3, -0.25) is 43.1 Å². The van der Waals surface area contributed by atoms with E-state index in [-0.39, 0.29) is 85.4 Å². The van der Waals surface area contributed by atoms with Crippen molar-refractivity contribution in [2.75, 3.05) is 37.3 Å². The Hall–Kier alpha value is -4.88. The maximum absolute atomic E-state index is 14.5. The molecule has 4 rings (SSSR count). The number of aryl methyl sites for hydroxylation is 2. The van der Waals surface area contributed by atoms with Gasteiger partial charge in [0.25, 0.3) is 0 Å². The van der Waals surface area contributed by atoms with Crippen molar-refractivity contribution in [2.45, 2.75) is 117 Å². The number of nitrogens with one attached hydrogen (secondary N) is 3. The fraction of sp³-hybridized carbons (Fsp3) is 0.580. The lowest BCUT2D eigenvalue weighted by Gasteiger charge is -2.32. The lowest BCUT2D eigenvalue weighted by atomic mass is 9.87. The molecule has 0 aliphatic carbocycles. The Morgan fingerprint density at radius 2 is 1.40 bits per heavy atom. The predicted octanol–water partition coefficient (Wildman–Crippen LogP) is 4.94. The van der Waals surface area contributed by atoms with Crippen LogP contribution in [0.3, 0.4) is 0 Å². The number of Topliss-reactive ketones (excluding diaryl/α,β-unsaturated/α-hetero) is 3. The molecule has 0 radical (unpaired) electrons. The van der Waals surface area contributed by atoms with Crippen molar-refractivity contribution >= 4 is 63.6 Å². The van der Waals surface area contributed by atoms with Crippen LogP contribution in [0.15, 0.2) is 66.9 Å². The summed E-state index contributed by atoms with van der Waals surface area (Å²) in [5, 5.41) is 16.4. The van der Waals surface area contributed by atoms with E-state index in [4.69, 9.17) is 9.47 Å². The van der Waals surface area contributed by atoms with Gasteiger partial charge >= 0.3 is 5.97 Å². The summed E-state index contributed by atoms with van der Waals surface area (Å²) in [5.41, 5.74) is 0.754. The van der Waals surface area contributed by atoms with E-state index in [1.165, 1.54) is 11.6 Å². The molecule has 3 aromatic rings. The van der Waals surface area contributed by atoms with Gasteiger partial charge in [0.05, 0.1) is 44.8 Å². The molecule has 0 unspecified atom stereocenters. The number of esters is 1. The minimum atomic E-state index is -1.64. The topological polar surface area (TPSA) is 208 Å². The molecule has 3 N–H and O–H groups in total. The number of alkyl halides is 1. The molecule has 0 bridgehead atoms. The number of aromatic nitrogens is 3. The maximum Gasteiger partial charge on any atom is 0.307 e. The zero-order valence-electron chi connectivity index (χ0n) is 40.0. The summed E-state index contributed by atoms with van der Waals surface area (Å²) in [6.07, 6.45) is 2.69. The third-order valence-corrected chi connectivity index (χ3v) is 13.1. The molecular formula is C50H70IN7O9. The molecule has 67 heavy (non-hydrogen) atoms. The molecule has 17 heteroatoms. The minimum Gasteiger partial charge on any atom is -0.450 e. The van der Waals surface area contributed by atoms with Crippen molar-refractivity contribution in [3.63, 3.8) is 0 Å². The van der Waals surface area contributed by atoms with Crippen LogP contribution in [0.2, 0.25) is 0 Å². The molecule has 0 saturated carbocycles. The van der Waals surface area contributed by atoms with E-state index in [1.807, 2.05) is 116 Å². The van der Waals surface area contributed by atoms with Gasteiger partial charge in [0.15, 0.2) is 17.2 Å². The lowest BCUT2D eigenvalue weighted by molar-refractivity contribution is -0.164. The SMILES string of the molecule is CC(C)C[C@H](NC(=O)[C@H](CCc1ccccc1)CC(=O)CN1CCOCC1)C(=O)C[C@@H](Cc1ccccc1)C(=O)N[C@@H](CC(C)C)C(=O)[C@@](C)(CI)OC(=O)CCC(=O)NCc1cn(C)nn1. The van der Waals surface area contributed by atoms with E-state index in [2.05, 4.69) is 26.3 Å². The zero-order chi connectivity index (χ0) is 48.9. The Labute approximate surface area is 409 Å². The highest BCUT2D eigenvalue weighted by Gasteiger charge is 2.42. The molecule has 16 nitrogen and oxygen atoms in total. The molecule has 3 amide bonds. The number of ether oxygens (including phenoxy) is 2. The van der Waals surface area contributed by atoms with E-state index in [0.29, 0.717) is 51.3 Å². The first-order valence-electron chi connectivity index (χ1n) is 23.4. The summed E-state index contributed by atoms with van der Waals surface area (Å²) in [5.74, 6) is -4.63. The molecule has 2 heterocycles. The van der Waals surface area contributed by atoms with Gasteiger partial charge in [-0.15, -0.1) is 5.10 Å². The number of carbonyl (C=O) groups excluding carboxylic acids is 7. The van der Waals surface area contributed by atoms with Gasteiger partial charge in [-0.25, -0.2) is 0 Å². The van der Waals surface area contributed by atoms with Gasteiger partial charge in [0.2, 0.25) is 17.7 Å². The van der Waals surface area contributed by atoms with Crippen LogP contribution in [-0.2, 0) is 69.5 Å². The Bertz CT molecular complexity index is 2080. The average Bonchev–Trinajstić information content (AvgIpc) is 3.73. The summed E-state index contributed by atoms with van der Waals surface area (Å²) in [4.78, 5) is 98.8. The monoisotopic (exact) mass is 1040 g/mol. The van der Waals surface area contributed by atoms with Crippen LogP contribution in [0, 0.1) is 23.7 Å². The number of rotatable bonds is 29. The van der Waals surface area contributed by atoms with Crippen molar-refractivity contribution in [2.24, 2.45) is 30.7 Å². The van der Waals surface area contributed by atoms with E-state index < -0.39 is 53.1 Å². The summed E-state index contributed by atoms with van der Waals surface area (Å²) >= 11 is 1.97. The van der Waals surface area contributed by atoms with Gasteiger partial charge < -0.3 is 25.4 Å². The number of ketones is 3. The van der Waals surface area contributed by atoms with E-state index in [0.717, 1.165) is 11.1 Å². The fourth-order valence-corrected chi connectivity index (χ4v) is 8.54. The van der Waals surface area contributed by atoms with E-state index in [9.17, 15) is 33.6 Å². The maximum atomic E-state index is 14.5. The van der Waals surface area contributed by atoms with Gasteiger partial charge in [0, 0.05) is 61.9 Å². The summed E-state index contributed by atoms with van der Waals surface area (Å²) in [6.45, 7) is 12.0. The molecular weight excluding hydrogens is 969 g/mol. The number of morpholine rings is 1. The second-order valence-electron chi connectivity index (χ2n) is 18.7. The number of halogens is 1. The van der Waals surface area contributed by atoms with E-state index in [1.54, 1.807) is 13.2 Å². The highest BCUT2D eigenvalue weighted by atomic mass is 127. The number of nitrogens with zero attached hydrogens (tertiary/aromatic N) is 4. The molecule has 1 aliphatic heterocycles. The Morgan fingerprint density at radius 3 is 2.00 bits per heavy atom. The zero-order valence-corrected chi connectivity index (χ0v) is 42.1. The fourth-order valence-electron chi connectivity index (χ4n) is 8.01. The second-order valence-corrected chi connectivity index (χ2v) is 19.4. The van der Waals surface area contributed by atoms with Crippen LogP contribution in [-0.4, -0.2) is 116 Å². The quantitative estimate of drug-likeness (QED) is 0.0481. The molecule has 1 fully saturated rings. The minimum absolute atomic E-state index is 0.00148. The number of hydrogen-bond acceptors (Lipinski definition) is 12. The standard InChI is InChI=1S/C50H70IN7O9/c1-34(2)25-42(53-48(64)38(18-17-36-13-9-7-10-14-36)28-41(59)32-58-21-23-66-24-22-58)44(60)29-39(27-37-15-11-8-12-16-37)49(65)54-43(26-35(3)4)47(63)50(5,33-51)67-46(62)20-19-45(61)52-30-40-31-57(6)56-55-40/h7-16,31,34-35,38-39,42-43H,17-30,32-33H2,1-6H3,(H,52,61)(H,53,64)(H,54,65)/t38-,39-,42+,43+,50-/m1/s1. The van der Waals surface area contributed by atoms with Crippen LogP contribution < -0.4 is 16.0 Å². The molecule has 2 aromatic carbocycles. The molecule has 0 spiro atoms. The highest BCUT2D eigenvalue weighted by molar-refractivity contribution is 14.1. The number of amides is 3. The Balaban J connectivity index is 1.50. The van der Waals surface area contributed by atoms with Crippen LogP contribution in [0.5, 0.6) is 0 Å². The molecule has 1 aromatic heterocycles. The third kappa shape index (κ3) is 19.3. The van der Waals surface area contributed by atoms with Gasteiger partial charge in [-0.2, -0.15) is 0 Å². The summed E-state index contributed by atoms with van der Waals surface area (Å²) < 4.78 is 12.8. The molecule has 5 atom stereocenters. The lowest BCUT2D eigenvalue weighted by Crippen LogP contribution is -2.55. The average molecular weight is 1040 g/mol. The number of carbonyl (C=O) groups is 7. The third-order valence-electron chi connectivity index (χ3n) is 11.7. The van der Waals surface area contributed by atoms with Crippen molar-refractivity contribution < 1.29 is 43.0 Å². The Kier molecular flexibility index (Phi) is 22.7. The Morgan fingerprint density at radius 1 is 0.806 bits per heavy atom. The van der Waals surface area contributed by atoms with Crippen LogP contribution in [0.25, 0.3) is 0 Å². The summed E-state index contributed by atoms with van der Waals surface area (Å²) in [6, 6.07) is 17.0. The van der Waals surface area contributed by atoms with Crippen LogP contribution >= 0.6 is 22.6 Å². The first-order valence-corrected chi connectivity index (χ1v) is 24.9. The number of benzene rings is 2. The van der Waals surface area contributed by atoms with Crippen molar-refractivity contribution in [1.82, 2.24) is 35.8 Å². The van der Waals surface area contributed by atoms with Crippen molar-refractivity contribution in [3.8, 4) is 0 Å². The van der Waals surface area contributed by atoms with Crippen LogP contribution in [0.1, 0.15) is 96.4 Å². The van der Waals surface area contributed by atoms with Crippen molar-refractivity contribution in [3.05, 3.63) is 83.7 Å². The van der Waals surface area contributed by atoms with Gasteiger partial charge in [-0.05, 0) is 62.0 Å². The normalized spacial score (nSPS) is 15.7. The summed E-state index contributed by atoms with van der Waals surface area (Å²) in [7, 11) is 1.71. The van der Waals surface area contributed by atoms with E-state index >= 15 is 0 Å². The van der Waals surface area contributed by atoms with Crippen molar-refractivity contribution in [1.29, 1.82) is 0 Å². The predicted molar refractivity (Wildman–Crippen MR) is 262 cm³/mol. The molecule has 1 saturated heterocycles. The largest absolute Gasteiger partial charge is 0.450 e. The molecule has 366 valence electrons. The van der Waals surface area contributed by atoms with Gasteiger partial charge in [0.1, 0.15) is 11.5 Å².